The number of para-hydroxylation sites is 2. The van der Waals surface area contributed by atoms with E-state index in [1.807, 2.05) is 0 Å². The molecule has 12 rings (SSSR count). The van der Waals surface area contributed by atoms with Gasteiger partial charge in [0.15, 0.2) is 0 Å². The van der Waals surface area contributed by atoms with Crippen LogP contribution in [-0.2, 0) is 0 Å². The van der Waals surface area contributed by atoms with Crippen LogP contribution in [0.1, 0.15) is 0 Å². The predicted octanol–water partition coefficient (Wildman–Crippen LogP) is 15.2. The molecule has 12 aromatic rings. The Morgan fingerprint density at radius 3 is 1.40 bits per heavy atom. The molecule has 0 amide bonds. The lowest BCUT2D eigenvalue weighted by Gasteiger charge is -2.15. The lowest BCUT2D eigenvalue weighted by atomic mass is 9.87. The molecule has 0 saturated heterocycles. The Balaban J connectivity index is 1.22. The number of fused-ring (bicyclic) bond motifs is 15. The second-order valence-corrected chi connectivity index (χ2v) is 14.7. The molecule has 2 nitrogen and oxygen atoms in total. The Morgan fingerprint density at radius 2 is 0.792 bits per heavy atom. The normalized spacial score (nSPS) is 12.2. The molecule has 0 bridgehead atoms. The number of furan rings is 2. The molecule has 0 aliphatic carbocycles. The van der Waals surface area contributed by atoms with Gasteiger partial charge in [0.2, 0.25) is 0 Å². The Bertz CT molecular complexity index is 3430. The molecular formula is C50H28O2S. The van der Waals surface area contributed by atoms with Crippen molar-refractivity contribution in [3.8, 4) is 33.4 Å². The SMILES string of the molecule is c1ccc(-c2cc3c4cscc4c4cc(-c5ccc(-c6cccc7ccccc67)cc5)c5c6ccccc6oc5c4c3c3oc4ccccc4c23)cc1. The fourth-order valence-electron chi connectivity index (χ4n) is 8.81. The fraction of sp³-hybridized carbons (Fsp3) is 0. The topological polar surface area (TPSA) is 26.3 Å². The molecule has 0 spiro atoms. The molecule has 246 valence electrons. The number of hydrogen-bond acceptors (Lipinski definition) is 3. The number of thiophene rings is 1. The van der Waals surface area contributed by atoms with E-state index in [0.29, 0.717) is 0 Å². The van der Waals surface area contributed by atoms with Crippen LogP contribution >= 0.6 is 11.3 Å². The molecule has 3 heterocycles. The highest BCUT2D eigenvalue weighted by molar-refractivity contribution is 7.09. The Hall–Kier alpha value is -6.68. The quantitative estimate of drug-likeness (QED) is 0.172. The lowest BCUT2D eigenvalue weighted by Crippen LogP contribution is -1.89. The van der Waals surface area contributed by atoms with E-state index in [1.165, 1.54) is 54.6 Å². The Morgan fingerprint density at radius 1 is 0.321 bits per heavy atom. The van der Waals surface area contributed by atoms with Crippen molar-refractivity contribution in [1.82, 2.24) is 0 Å². The fourth-order valence-corrected chi connectivity index (χ4v) is 9.66. The van der Waals surface area contributed by atoms with E-state index in [4.69, 9.17) is 8.83 Å². The van der Waals surface area contributed by atoms with E-state index >= 15 is 0 Å². The molecule has 0 N–H and O–H groups in total. The van der Waals surface area contributed by atoms with Crippen LogP contribution in [0.4, 0.5) is 0 Å². The summed E-state index contributed by atoms with van der Waals surface area (Å²) in [6.07, 6.45) is 0. The summed E-state index contributed by atoms with van der Waals surface area (Å²) in [5.74, 6) is 0. The smallest absolute Gasteiger partial charge is 0.144 e. The van der Waals surface area contributed by atoms with E-state index in [0.717, 1.165) is 65.8 Å². The summed E-state index contributed by atoms with van der Waals surface area (Å²) in [4.78, 5) is 0. The summed E-state index contributed by atoms with van der Waals surface area (Å²) < 4.78 is 13.9. The third kappa shape index (κ3) is 4.08. The molecule has 0 radical (unpaired) electrons. The van der Waals surface area contributed by atoms with Gasteiger partial charge in [-0.25, -0.2) is 0 Å². The van der Waals surface area contributed by atoms with Gasteiger partial charge < -0.3 is 8.83 Å². The second kappa shape index (κ2) is 10.9. The van der Waals surface area contributed by atoms with Crippen molar-refractivity contribution in [3.63, 3.8) is 0 Å². The van der Waals surface area contributed by atoms with Crippen molar-refractivity contribution in [2.45, 2.75) is 0 Å². The molecule has 0 saturated carbocycles. The minimum atomic E-state index is 0.879. The summed E-state index contributed by atoms with van der Waals surface area (Å²) in [7, 11) is 0. The van der Waals surface area contributed by atoms with Crippen molar-refractivity contribution >= 4 is 98.3 Å². The average molecular weight is 693 g/mol. The molecule has 53 heavy (non-hydrogen) atoms. The van der Waals surface area contributed by atoms with Crippen LogP contribution in [0.25, 0.3) is 120 Å². The highest BCUT2D eigenvalue weighted by atomic mass is 32.1. The van der Waals surface area contributed by atoms with Crippen molar-refractivity contribution in [1.29, 1.82) is 0 Å². The van der Waals surface area contributed by atoms with Gasteiger partial charge in [-0.1, -0.05) is 133 Å². The van der Waals surface area contributed by atoms with Gasteiger partial charge in [-0.3, -0.25) is 0 Å². The lowest BCUT2D eigenvalue weighted by molar-refractivity contribution is 0.670. The van der Waals surface area contributed by atoms with Crippen LogP contribution in [0.2, 0.25) is 0 Å². The third-order valence-electron chi connectivity index (χ3n) is 11.2. The highest BCUT2D eigenvalue weighted by Gasteiger charge is 2.25. The van der Waals surface area contributed by atoms with E-state index in [9.17, 15) is 0 Å². The van der Waals surface area contributed by atoms with E-state index in [-0.39, 0.29) is 0 Å². The Labute approximate surface area is 307 Å². The first-order chi connectivity index (χ1) is 26.3. The van der Waals surface area contributed by atoms with Crippen molar-refractivity contribution in [2.75, 3.05) is 0 Å². The molecule has 0 aliphatic heterocycles. The minimum Gasteiger partial charge on any atom is -0.455 e. The first-order valence-corrected chi connectivity index (χ1v) is 18.9. The maximum Gasteiger partial charge on any atom is 0.144 e. The third-order valence-corrected chi connectivity index (χ3v) is 11.9. The van der Waals surface area contributed by atoms with Gasteiger partial charge in [0.1, 0.15) is 22.3 Å². The summed E-state index contributed by atoms with van der Waals surface area (Å²) in [5, 5.41) is 18.6. The van der Waals surface area contributed by atoms with Crippen LogP contribution in [0.3, 0.4) is 0 Å². The van der Waals surface area contributed by atoms with Crippen molar-refractivity contribution in [2.24, 2.45) is 0 Å². The minimum absolute atomic E-state index is 0.879. The number of hydrogen-bond donors (Lipinski definition) is 0. The number of rotatable bonds is 3. The van der Waals surface area contributed by atoms with Gasteiger partial charge in [0.25, 0.3) is 0 Å². The molecule has 9 aromatic carbocycles. The van der Waals surface area contributed by atoms with Gasteiger partial charge in [0.05, 0.1) is 0 Å². The molecule has 3 aromatic heterocycles. The zero-order valence-corrected chi connectivity index (χ0v) is 29.2. The summed E-state index contributed by atoms with van der Waals surface area (Å²) in [5.41, 5.74) is 10.7. The van der Waals surface area contributed by atoms with Crippen LogP contribution < -0.4 is 0 Å². The zero-order valence-electron chi connectivity index (χ0n) is 28.4. The first-order valence-electron chi connectivity index (χ1n) is 18.0. The van der Waals surface area contributed by atoms with Gasteiger partial charge in [-0.2, -0.15) is 11.3 Å². The van der Waals surface area contributed by atoms with Crippen LogP contribution in [0, 0.1) is 0 Å². The van der Waals surface area contributed by atoms with E-state index in [1.54, 1.807) is 11.3 Å². The first kappa shape index (κ1) is 29.0. The van der Waals surface area contributed by atoms with Gasteiger partial charge in [-0.05, 0) is 90.0 Å². The van der Waals surface area contributed by atoms with Crippen molar-refractivity contribution < 1.29 is 8.83 Å². The number of benzene rings is 9. The highest BCUT2D eigenvalue weighted by Crippen LogP contribution is 2.51. The molecule has 0 aliphatic rings. The molecular weight excluding hydrogens is 665 g/mol. The second-order valence-electron chi connectivity index (χ2n) is 14.0. The molecule has 3 heteroatoms. The van der Waals surface area contributed by atoms with Crippen LogP contribution in [0.15, 0.2) is 177 Å². The maximum atomic E-state index is 7.00. The van der Waals surface area contributed by atoms with Gasteiger partial charge >= 0.3 is 0 Å². The Kier molecular flexibility index (Phi) is 5.96. The summed E-state index contributed by atoms with van der Waals surface area (Å²) in [6.45, 7) is 0. The molecule has 0 atom stereocenters. The van der Waals surface area contributed by atoms with E-state index < -0.39 is 0 Å². The predicted molar refractivity (Wildman–Crippen MR) is 225 cm³/mol. The van der Waals surface area contributed by atoms with Gasteiger partial charge in [0, 0.05) is 43.1 Å². The molecule has 0 fully saturated rings. The maximum absolute atomic E-state index is 7.00. The zero-order chi connectivity index (χ0) is 34.6. The molecule has 0 unspecified atom stereocenters. The standard InChI is InChI=1S/C50H28O2S/c1-2-11-30(12-3-1)37-25-39-41-27-53-28-42(41)40-26-38(32-23-21-31(22-24-32)34-18-10-14-29-13-4-5-15-33(29)34)46-36-17-7-9-20-44(36)52-50(46)48(40)47(39)49-45(37)35-16-6-8-19-43(35)51-49/h1-28H. The van der Waals surface area contributed by atoms with Gasteiger partial charge in [-0.15, -0.1) is 0 Å². The summed E-state index contributed by atoms with van der Waals surface area (Å²) >= 11 is 1.75. The monoisotopic (exact) mass is 692 g/mol. The van der Waals surface area contributed by atoms with Crippen LogP contribution in [0.5, 0.6) is 0 Å². The van der Waals surface area contributed by atoms with E-state index in [2.05, 4.69) is 168 Å². The largest absolute Gasteiger partial charge is 0.455 e. The van der Waals surface area contributed by atoms with Crippen molar-refractivity contribution in [3.05, 3.63) is 168 Å². The average Bonchev–Trinajstić information content (AvgIpc) is 3.97. The van der Waals surface area contributed by atoms with Crippen LogP contribution in [-0.4, -0.2) is 0 Å². The summed E-state index contributed by atoms with van der Waals surface area (Å²) in [6, 6.07) is 56.6.